The predicted molar refractivity (Wildman–Crippen MR) is 113 cm³/mol. The lowest BCUT2D eigenvalue weighted by atomic mass is 10.0. The van der Waals surface area contributed by atoms with Crippen LogP contribution < -0.4 is 14.7 Å². The average molecular weight is 386 g/mol. The van der Waals surface area contributed by atoms with Crippen LogP contribution in [-0.4, -0.2) is 49.2 Å². The fourth-order valence-electron chi connectivity index (χ4n) is 4.08. The summed E-state index contributed by atoms with van der Waals surface area (Å²) < 4.78 is 0. The van der Waals surface area contributed by atoms with E-state index in [2.05, 4.69) is 40.7 Å². The number of halogens is 1. The number of rotatable bonds is 3. The molecular formula is C21H28ClN5. The van der Waals surface area contributed by atoms with Crippen LogP contribution in [0.3, 0.4) is 0 Å². The summed E-state index contributed by atoms with van der Waals surface area (Å²) in [4.78, 5) is 16.8. The van der Waals surface area contributed by atoms with E-state index in [1.807, 2.05) is 18.2 Å². The predicted octanol–water partition coefficient (Wildman–Crippen LogP) is 4.00. The van der Waals surface area contributed by atoms with Crippen molar-refractivity contribution >= 4 is 29.1 Å². The van der Waals surface area contributed by atoms with E-state index in [9.17, 15) is 0 Å². The third-order valence-corrected chi connectivity index (χ3v) is 5.78. The Balaban J connectivity index is 1.46. The van der Waals surface area contributed by atoms with Gasteiger partial charge in [-0.2, -0.15) is 4.98 Å². The van der Waals surface area contributed by atoms with Gasteiger partial charge in [-0.15, -0.1) is 0 Å². The lowest BCUT2D eigenvalue weighted by Gasteiger charge is -2.37. The molecule has 27 heavy (non-hydrogen) atoms. The van der Waals surface area contributed by atoms with Crippen LogP contribution in [-0.2, 0) is 0 Å². The molecule has 0 aliphatic carbocycles. The molecule has 5 nitrogen and oxygen atoms in total. The van der Waals surface area contributed by atoms with Gasteiger partial charge in [-0.05, 0) is 43.9 Å². The Morgan fingerprint density at radius 1 is 0.963 bits per heavy atom. The second-order valence-corrected chi connectivity index (χ2v) is 8.25. The Morgan fingerprint density at radius 3 is 2.48 bits per heavy atom. The number of benzene rings is 1. The first-order valence-corrected chi connectivity index (χ1v) is 10.3. The molecule has 0 bridgehead atoms. The van der Waals surface area contributed by atoms with Gasteiger partial charge in [0.05, 0.1) is 0 Å². The molecule has 2 fully saturated rings. The molecule has 4 rings (SSSR count). The van der Waals surface area contributed by atoms with E-state index in [0.29, 0.717) is 5.92 Å². The fourth-order valence-corrected chi connectivity index (χ4v) is 4.26. The van der Waals surface area contributed by atoms with Gasteiger partial charge in [0.1, 0.15) is 5.82 Å². The van der Waals surface area contributed by atoms with Crippen molar-refractivity contribution < 1.29 is 0 Å². The number of nitrogens with zero attached hydrogens (tertiary/aromatic N) is 5. The topological polar surface area (TPSA) is 35.5 Å². The van der Waals surface area contributed by atoms with Crippen LogP contribution in [0.15, 0.2) is 30.3 Å². The number of piperazine rings is 1. The van der Waals surface area contributed by atoms with Crippen molar-refractivity contribution in [2.24, 2.45) is 5.92 Å². The van der Waals surface area contributed by atoms with Crippen molar-refractivity contribution in [3.8, 4) is 0 Å². The minimum atomic E-state index is 0.715. The molecule has 2 aliphatic heterocycles. The molecule has 6 heteroatoms. The normalized spacial score (nSPS) is 20.9. The molecule has 0 saturated carbocycles. The minimum absolute atomic E-state index is 0.715. The Morgan fingerprint density at radius 2 is 1.74 bits per heavy atom. The average Bonchev–Trinajstić information content (AvgIpc) is 2.68. The van der Waals surface area contributed by atoms with E-state index in [-0.39, 0.29) is 0 Å². The molecule has 1 atom stereocenters. The first-order valence-electron chi connectivity index (χ1n) is 9.94. The molecule has 0 amide bonds. The summed E-state index contributed by atoms with van der Waals surface area (Å²) >= 11 is 6.15. The van der Waals surface area contributed by atoms with Crippen LogP contribution in [0.25, 0.3) is 0 Å². The number of anilines is 3. The Kier molecular flexibility index (Phi) is 5.39. The zero-order chi connectivity index (χ0) is 18.8. The summed E-state index contributed by atoms with van der Waals surface area (Å²) in [5.41, 5.74) is 2.24. The number of hydrogen-bond donors (Lipinski definition) is 0. The zero-order valence-corrected chi connectivity index (χ0v) is 17.0. The Bertz CT molecular complexity index is 788. The van der Waals surface area contributed by atoms with Crippen molar-refractivity contribution in [3.05, 3.63) is 41.0 Å². The molecular weight excluding hydrogens is 358 g/mol. The highest BCUT2D eigenvalue weighted by atomic mass is 35.5. The number of hydrogen-bond acceptors (Lipinski definition) is 5. The quantitative estimate of drug-likeness (QED) is 0.797. The van der Waals surface area contributed by atoms with Crippen molar-refractivity contribution in [2.45, 2.75) is 26.7 Å². The molecule has 2 saturated heterocycles. The maximum absolute atomic E-state index is 6.15. The van der Waals surface area contributed by atoms with Crippen molar-refractivity contribution in [1.29, 1.82) is 0 Å². The molecule has 1 aromatic heterocycles. The summed E-state index contributed by atoms with van der Waals surface area (Å²) in [6.45, 7) is 10.4. The van der Waals surface area contributed by atoms with Gasteiger partial charge in [0.15, 0.2) is 0 Å². The summed E-state index contributed by atoms with van der Waals surface area (Å²) in [5, 5.41) is 0.793. The van der Waals surface area contributed by atoms with E-state index in [1.54, 1.807) is 0 Å². The van der Waals surface area contributed by atoms with Gasteiger partial charge < -0.3 is 14.7 Å². The van der Waals surface area contributed by atoms with Crippen LogP contribution in [0.2, 0.25) is 5.02 Å². The maximum atomic E-state index is 6.15. The van der Waals surface area contributed by atoms with Gasteiger partial charge >= 0.3 is 0 Å². The number of aromatic nitrogens is 2. The Labute approximate surface area is 167 Å². The molecule has 1 aromatic carbocycles. The lowest BCUT2D eigenvalue weighted by molar-refractivity contribution is 0.441. The van der Waals surface area contributed by atoms with Crippen LogP contribution in [0.4, 0.5) is 17.5 Å². The molecule has 2 aromatic rings. The van der Waals surface area contributed by atoms with Gasteiger partial charge in [-0.3, -0.25) is 0 Å². The summed E-state index contributed by atoms with van der Waals surface area (Å²) in [6.07, 6.45) is 2.53. The second kappa shape index (κ2) is 7.93. The van der Waals surface area contributed by atoms with Crippen LogP contribution in [0, 0.1) is 12.8 Å². The molecule has 144 valence electrons. The number of aryl methyl sites for hydroxylation is 1. The second-order valence-electron chi connectivity index (χ2n) is 7.81. The summed E-state index contributed by atoms with van der Waals surface area (Å²) in [7, 11) is 0. The third-order valence-electron chi connectivity index (χ3n) is 5.55. The highest BCUT2D eigenvalue weighted by molar-refractivity contribution is 6.30. The first-order chi connectivity index (χ1) is 13.1. The van der Waals surface area contributed by atoms with Crippen LogP contribution >= 0.6 is 11.6 Å². The molecule has 3 heterocycles. The SMILES string of the molecule is Cc1cc(N2CCN(c3cccc(Cl)c3)CC2)nc(N2CCCC(C)C2)n1. The van der Waals surface area contributed by atoms with Crippen LogP contribution in [0.5, 0.6) is 0 Å². The highest BCUT2D eigenvalue weighted by Crippen LogP contribution is 2.25. The van der Waals surface area contributed by atoms with E-state index in [1.165, 1.54) is 18.5 Å². The molecule has 0 radical (unpaired) electrons. The van der Waals surface area contributed by atoms with Crippen molar-refractivity contribution in [2.75, 3.05) is 54.0 Å². The van der Waals surface area contributed by atoms with E-state index in [4.69, 9.17) is 21.6 Å². The van der Waals surface area contributed by atoms with Gasteiger partial charge in [-0.1, -0.05) is 24.6 Å². The van der Waals surface area contributed by atoms with E-state index >= 15 is 0 Å². The summed E-state index contributed by atoms with van der Waals surface area (Å²) in [5.74, 6) is 2.67. The standard InChI is InChI=1S/C21H28ClN5/c1-16-5-4-8-27(15-16)21-23-17(2)13-20(24-21)26-11-9-25(10-12-26)19-7-3-6-18(22)14-19/h3,6-7,13-14,16H,4-5,8-12,15H2,1-2H3. The summed E-state index contributed by atoms with van der Waals surface area (Å²) in [6, 6.07) is 10.2. The van der Waals surface area contributed by atoms with Gasteiger partial charge in [0, 0.05) is 61.7 Å². The zero-order valence-electron chi connectivity index (χ0n) is 16.2. The minimum Gasteiger partial charge on any atom is -0.368 e. The number of piperidine rings is 1. The monoisotopic (exact) mass is 385 g/mol. The van der Waals surface area contributed by atoms with Gasteiger partial charge in [0.2, 0.25) is 5.95 Å². The van der Waals surface area contributed by atoms with E-state index in [0.717, 1.165) is 61.8 Å². The largest absolute Gasteiger partial charge is 0.368 e. The Hall–Kier alpha value is -2.01. The van der Waals surface area contributed by atoms with Crippen molar-refractivity contribution in [1.82, 2.24) is 9.97 Å². The maximum Gasteiger partial charge on any atom is 0.227 e. The third kappa shape index (κ3) is 4.29. The fraction of sp³-hybridized carbons (Fsp3) is 0.524. The smallest absolute Gasteiger partial charge is 0.227 e. The molecule has 1 unspecified atom stereocenters. The highest BCUT2D eigenvalue weighted by Gasteiger charge is 2.22. The van der Waals surface area contributed by atoms with E-state index < -0.39 is 0 Å². The molecule has 2 aliphatic rings. The van der Waals surface area contributed by atoms with Crippen LogP contribution in [0.1, 0.15) is 25.5 Å². The van der Waals surface area contributed by atoms with Gasteiger partial charge in [0.25, 0.3) is 0 Å². The lowest BCUT2D eigenvalue weighted by Crippen LogP contribution is -2.47. The first kappa shape index (κ1) is 18.4. The molecule has 0 N–H and O–H groups in total. The van der Waals surface area contributed by atoms with Crippen molar-refractivity contribution in [3.63, 3.8) is 0 Å². The van der Waals surface area contributed by atoms with Gasteiger partial charge in [-0.25, -0.2) is 4.98 Å². The molecule has 0 spiro atoms.